The lowest BCUT2D eigenvalue weighted by Crippen LogP contribution is -1.97. The predicted molar refractivity (Wildman–Crippen MR) is 86.2 cm³/mol. The second-order valence-electron chi connectivity index (χ2n) is 5.48. The van der Waals surface area contributed by atoms with E-state index in [1.54, 1.807) is 6.07 Å². The van der Waals surface area contributed by atoms with Gasteiger partial charge < -0.3 is 0 Å². The van der Waals surface area contributed by atoms with Gasteiger partial charge in [0.05, 0.1) is 4.90 Å². The molecular weight excluding hydrogens is 284 g/mol. The van der Waals surface area contributed by atoms with Crippen LogP contribution in [0.4, 0.5) is 0 Å². The summed E-state index contributed by atoms with van der Waals surface area (Å²) in [6.07, 6.45) is 7.21. The molecule has 0 radical (unpaired) electrons. The lowest BCUT2D eigenvalue weighted by molar-refractivity contribution is 0.483. The van der Waals surface area contributed by atoms with Crippen LogP contribution in [0.5, 0.6) is 0 Å². The molecule has 0 atom stereocenters. The minimum absolute atomic E-state index is 0.0462. The van der Waals surface area contributed by atoms with E-state index in [0.29, 0.717) is 0 Å². The summed E-state index contributed by atoms with van der Waals surface area (Å²) >= 11 is 0. The van der Waals surface area contributed by atoms with E-state index in [2.05, 4.69) is 13.0 Å². The Labute approximate surface area is 126 Å². The van der Waals surface area contributed by atoms with E-state index in [4.69, 9.17) is 4.55 Å². The molecule has 0 unspecified atom stereocenters. The van der Waals surface area contributed by atoms with Gasteiger partial charge >= 0.3 is 0 Å². The number of hydrogen-bond donors (Lipinski definition) is 1. The second-order valence-corrected chi connectivity index (χ2v) is 6.90. The van der Waals surface area contributed by atoms with Crippen molar-refractivity contribution < 1.29 is 13.0 Å². The molecule has 0 spiro atoms. The van der Waals surface area contributed by atoms with Gasteiger partial charge in [-0.3, -0.25) is 4.55 Å². The van der Waals surface area contributed by atoms with E-state index in [0.717, 1.165) is 23.6 Å². The summed E-state index contributed by atoms with van der Waals surface area (Å²) < 4.78 is 31.5. The Bertz CT molecular complexity index is 705. The van der Waals surface area contributed by atoms with E-state index in [-0.39, 0.29) is 4.90 Å². The monoisotopic (exact) mass is 306 g/mol. The lowest BCUT2D eigenvalue weighted by Gasteiger charge is -2.05. The smallest absolute Gasteiger partial charge is 0.282 e. The van der Waals surface area contributed by atoms with E-state index >= 15 is 0 Å². The van der Waals surface area contributed by atoms with Crippen molar-refractivity contribution in [3.63, 3.8) is 0 Å². The Morgan fingerprint density at radius 3 is 2.33 bits per heavy atom. The summed E-state index contributed by atoms with van der Waals surface area (Å²) in [6.45, 7) is 2.20. The van der Waals surface area contributed by atoms with Gasteiger partial charge in [-0.2, -0.15) is 8.42 Å². The molecule has 114 valence electrons. The summed E-state index contributed by atoms with van der Waals surface area (Å²) in [4.78, 5) is -0.0462. The summed E-state index contributed by atoms with van der Waals surface area (Å²) in [5, 5.41) is 1.84. The molecule has 1 N–H and O–H groups in total. The quantitative estimate of drug-likeness (QED) is 0.601. The minimum atomic E-state index is -4.13. The summed E-state index contributed by atoms with van der Waals surface area (Å²) in [5.74, 6) is 0. The van der Waals surface area contributed by atoms with Crippen LogP contribution in [0, 0.1) is 0 Å². The van der Waals surface area contributed by atoms with Gasteiger partial charge in [0, 0.05) is 0 Å². The maximum Gasteiger partial charge on any atom is 0.294 e. The van der Waals surface area contributed by atoms with Crippen LogP contribution in [0.3, 0.4) is 0 Å². The van der Waals surface area contributed by atoms with E-state index in [9.17, 15) is 8.42 Å². The summed E-state index contributed by atoms with van der Waals surface area (Å²) in [5.41, 5.74) is 1.21. The molecule has 21 heavy (non-hydrogen) atoms. The molecule has 2 aromatic carbocycles. The van der Waals surface area contributed by atoms with Crippen molar-refractivity contribution in [1.82, 2.24) is 0 Å². The molecule has 0 amide bonds. The lowest BCUT2D eigenvalue weighted by atomic mass is 10.0. The third kappa shape index (κ3) is 4.55. The highest BCUT2D eigenvalue weighted by Crippen LogP contribution is 2.21. The van der Waals surface area contributed by atoms with Crippen LogP contribution < -0.4 is 0 Å². The van der Waals surface area contributed by atoms with Crippen LogP contribution in [-0.4, -0.2) is 13.0 Å². The molecule has 0 aromatic heterocycles. The Kier molecular flexibility index (Phi) is 5.37. The molecular formula is C17H22O3S. The van der Waals surface area contributed by atoms with Gasteiger partial charge in [-0.05, 0) is 41.3 Å². The van der Waals surface area contributed by atoms with Crippen LogP contribution in [0.25, 0.3) is 10.8 Å². The molecule has 0 aliphatic carbocycles. The first-order chi connectivity index (χ1) is 10.0. The SMILES string of the molecule is CCCCCCCc1ccc2ccc(S(=O)(=O)O)cc2c1. The number of benzene rings is 2. The maximum absolute atomic E-state index is 11.2. The summed E-state index contributed by atoms with van der Waals surface area (Å²) in [6, 6.07) is 10.8. The van der Waals surface area contributed by atoms with E-state index < -0.39 is 10.1 Å². The highest BCUT2D eigenvalue weighted by Gasteiger charge is 2.09. The third-order valence-corrected chi connectivity index (χ3v) is 4.59. The maximum atomic E-state index is 11.2. The normalized spacial score (nSPS) is 11.9. The first-order valence-electron chi connectivity index (χ1n) is 7.51. The number of unbranched alkanes of at least 4 members (excludes halogenated alkanes) is 4. The standard InChI is InChI=1S/C17H22O3S/c1-2-3-4-5-6-7-14-8-9-15-10-11-17(21(18,19)20)13-16(15)12-14/h8-13H,2-7H2,1H3,(H,18,19,20). The molecule has 0 saturated heterocycles. The average Bonchev–Trinajstić information content (AvgIpc) is 2.45. The molecule has 0 fully saturated rings. The van der Waals surface area contributed by atoms with Crippen molar-refractivity contribution in [1.29, 1.82) is 0 Å². The Morgan fingerprint density at radius 1 is 0.905 bits per heavy atom. The molecule has 0 saturated carbocycles. The van der Waals surface area contributed by atoms with Gasteiger partial charge in [-0.1, -0.05) is 56.9 Å². The Balaban J connectivity index is 2.12. The largest absolute Gasteiger partial charge is 0.294 e. The van der Waals surface area contributed by atoms with Crippen LogP contribution in [0.1, 0.15) is 44.6 Å². The molecule has 0 bridgehead atoms. The predicted octanol–water partition coefficient (Wildman–Crippen LogP) is 4.60. The zero-order valence-electron chi connectivity index (χ0n) is 12.4. The molecule has 2 rings (SSSR count). The Hall–Kier alpha value is -1.39. The molecule has 0 heterocycles. The molecule has 4 heteroatoms. The molecule has 0 aliphatic rings. The zero-order chi connectivity index (χ0) is 15.3. The fourth-order valence-corrected chi connectivity index (χ4v) is 3.04. The van der Waals surface area contributed by atoms with Crippen molar-refractivity contribution in [2.24, 2.45) is 0 Å². The van der Waals surface area contributed by atoms with Crippen molar-refractivity contribution in [2.45, 2.75) is 50.3 Å². The van der Waals surface area contributed by atoms with Crippen molar-refractivity contribution >= 4 is 20.9 Å². The second kappa shape index (κ2) is 7.05. The van der Waals surface area contributed by atoms with Gasteiger partial charge in [0.25, 0.3) is 10.1 Å². The highest BCUT2D eigenvalue weighted by molar-refractivity contribution is 7.85. The highest BCUT2D eigenvalue weighted by atomic mass is 32.2. The van der Waals surface area contributed by atoms with E-state index in [1.165, 1.54) is 43.4 Å². The van der Waals surface area contributed by atoms with Crippen LogP contribution >= 0.6 is 0 Å². The van der Waals surface area contributed by atoms with Gasteiger partial charge in [-0.15, -0.1) is 0 Å². The van der Waals surface area contributed by atoms with Gasteiger partial charge in [0.2, 0.25) is 0 Å². The van der Waals surface area contributed by atoms with Crippen molar-refractivity contribution in [3.8, 4) is 0 Å². The number of fused-ring (bicyclic) bond motifs is 1. The first-order valence-corrected chi connectivity index (χ1v) is 8.95. The fraction of sp³-hybridized carbons (Fsp3) is 0.412. The van der Waals surface area contributed by atoms with Crippen LogP contribution in [0.2, 0.25) is 0 Å². The first kappa shape index (κ1) is 16.0. The number of hydrogen-bond acceptors (Lipinski definition) is 2. The minimum Gasteiger partial charge on any atom is -0.282 e. The van der Waals surface area contributed by atoms with Gasteiger partial charge in [-0.25, -0.2) is 0 Å². The molecule has 2 aromatic rings. The summed E-state index contributed by atoms with van der Waals surface area (Å²) in [7, 11) is -4.13. The van der Waals surface area contributed by atoms with Crippen molar-refractivity contribution in [2.75, 3.05) is 0 Å². The van der Waals surface area contributed by atoms with Crippen LogP contribution in [-0.2, 0) is 16.5 Å². The van der Waals surface area contributed by atoms with Crippen molar-refractivity contribution in [3.05, 3.63) is 42.0 Å². The van der Waals surface area contributed by atoms with Gasteiger partial charge in [0.15, 0.2) is 0 Å². The number of rotatable bonds is 7. The number of aryl methyl sites for hydroxylation is 1. The van der Waals surface area contributed by atoms with Crippen LogP contribution in [0.15, 0.2) is 41.3 Å². The fourth-order valence-electron chi connectivity index (χ4n) is 2.52. The van der Waals surface area contributed by atoms with Gasteiger partial charge in [0.1, 0.15) is 0 Å². The zero-order valence-corrected chi connectivity index (χ0v) is 13.2. The molecule has 0 aliphatic heterocycles. The topological polar surface area (TPSA) is 54.4 Å². The third-order valence-electron chi connectivity index (χ3n) is 3.74. The average molecular weight is 306 g/mol. The molecule has 3 nitrogen and oxygen atoms in total. The van der Waals surface area contributed by atoms with E-state index in [1.807, 2.05) is 12.1 Å². The Morgan fingerprint density at radius 2 is 1.62 bits per heavy atom.